The Labute approximate surface area is 122 Å². The molecule has 2 rings (SSSR count). The molecule has 0 amide bonds. The van der Waals surface area contributed by atoms with Crippen LogP contribution in [0.5, 0.6) is 0 Å². The van der Waals surface area contributed by atoms with Gasteiger partial charge >= 0.3 is 0 Å². The third kappa shape index (κ3) is 4.00. The van der Waals surface area contributed by atoms with Crippen LogP contribution in [-0.2, 0) is 0 Å². The first-order valence-electron chi connectivity index (χ1n) is 7.46. The van der Waals surface area contributed by atoms with E-state index in [0.29, 0.717) is 12.1 Å². The highest BCUT2D eigenvalue weighted by molar-refractivity contribution is 7.99. The van der Waals surface area contributed by atoms with Crippen LogP contribution in [0.3, 0.4) is 0 Å². The average molecular weight is 277 g/mol. The second-order valence-corrected chi connectivity index (χ2v) is 7.10. The van der Waals surface area contributed by atoms with Gasteiger partial charge < -0.3 is 5.32 Å². The molecule has 0 heterocycles. The molecule has 1 aliphatic rings. The highest BCUT2D eigenvalue weighted by Gasteiger charge is 2.22. The Hall–Kier alpha value is -0.470. The molecule has 0 saturated heterocycles. The molecular formula is C17H27NS. The zero-order chi connectivity index (χ0) is 13.8. The lowest BCUT2D eigenvalue weighted by molar-refractivity contribution is 0.352. The quantitative estimate of drug-likeness (QED) is 0.861. The molecule has 0 bridgehead atoms. The fourth-order valence-electron chi connectivity index (χ4n) is 3.13. The molecule has 1 nitrogen and oxygen atoms in total. The van der Waals surface area contributed by atoms with E-state index in [1.807, 2.05) is 11.8 Å². The van der Waals surface area contributed by atoms with Gasteiger partial charge in [0.05, 0.1) is 0 Å². The van der Waals surface area contributed by atoms with Gasteiger partial charge in [-0.3, -0.25) is 0 Å². The maximum atomic E-state index is 3.84. The molecule has 0 aromatic heterocycles. The highest BCUT2D eigenvalue weighted by Crippen LogP contribution is 2.28. The van der Waals surface area contributed by atoms with Gasteiger partial charge in [-0.25, -0.2) is 0 Å². The van der Waals surface area contributed by atoms with Crippen LogP contribution in [0, 0.1) is 13.8 Å². The Balaban J connectivity index is 1.94. The summed E-state index contributed by atoms with van der Waals surface area (Å²) in [6, 6.07) is 7.96. The maximum Gasteiger partial charge on any atom is 0.0297 e. The van der Waals surface area contributed by atoms with Gasteiger partial charge in [0.2, 0.25) is 0 Å². The van der Waals surface area contributed by atoms with Crippen molar-refractivity contribution in [2.45, 2.75) is 63.8 Å². The topological polar surface area (TPSA) is 12.0 Å². The highest BCUT2D eigenvalue weighted by atomic mass is 32.2. The lowest BCUT2D eigenvalue weighted by atomic mass is 9.93. The van der Waals surface area contributed by atoms with Crippen molar-refractivity contribution in [3.63, 3.8) is 0 Å². The molecule has 106 valence electrons. The number of rotatable bonds is 4. The molecule has 1 aliphatic carbocycles. The Morgan fingerprint density at radius 1 is 1.16 bits per heavy atom. The summed E-state index contributed by atoms with van der Waals surface area (Å²) in [6.07, 6.45) is 7.66. The fraction of sp³-hybridized carbons (Fsp3) is 0.647. The number of benzene rings is 1. The van der Waals surface area contributed by atoms with Crippen LogP contribution in [-0.4, -0.2) is 17.5 Å². The van der Waals surface area contributed by atoms with E-state index in [2.05, 4.69) is 50.5 Å². The van der Waals surface area contributed by atoms with E-state index in [4.69, 9.17) is 0 Å². The third-order valence-electron chi connectivity index (χ3n) is 4.39. The van der Waals surface area contributed by atoms with Crippen molar-refractivity contribution in [3.05, 3.63) is 34.9 Å². The van der Waals surface area contributed by atoms with Gasteiger partial charge in [0, 0.05) is 17.3 Å². The molecule has 1 aromatic carbocycles. The number of hydrogen-bond acceptors (Lipinski definition) is 2. The van der Waals surface area contributed by atoms with Crippen LogP contribution in [0.1, 0.15) is 55.3 Å². The second-order valence-electron chi connectivity index (χ2n) is 5.96. The number of aryl methyl sites for hydroxylation is 2. The fourth-order valence-corrected chi connectivity index (χ4v) is 3.88. The van der Waals surface area contributed by atoms with Crippen molar-refractivity contribution >= 4 is 11.8 Å². The Morgan fingerprint density at radius 2 is 1.84 bits per heavy atom. The van der Waals surface area contributed by atoms with Crippen molar-refractivity contribution in [2.75, 3.05) is 6.26 Å². The minimum atomic E-state index is 0.468. The first kappa shape index (κ1) is 14.9. The van der Waals surface area contributed by atoms with Crippen molar-refractivity contribution in [1.82, 2.24) is 5.32 Å². The van der Waals surface area contributed by atoms with E-state index in [1.54, 1.807) is 0 Å². The molecule has 0 radical (unpaired) electrons. The smallest absolute Gasteiger partial charge is 0.0297 e. The Morgan fingerprint density at radius 3 is 2.47 bits per heavy atom. The summed E-state index contributed by atoms with van der Waals surface area (Å²) in [6.45, 7) is 6.71. The predicted molar refractivity (Wildman–Crippen MR) is 87.0 cm³/mol. The van der Waals surface area contributed by atoms with E-state index in [9.17, 15) is 0 Å². The molecule has 19 heavy (non-hydrogen) atoms. The molecule has 2 heteroatoms. The number of thioether (sulfide) groups is 1. The van der Waals surface area contributed by atoms with Crippen molar-refractivity contribution in [3.8, 4) is 0 Å². The summed E-state index contributed by atoms with van der Waals surface area (Å²) in [4.78, 5) is 0. The normalized spacial score (nSPS) is 25.3. The molecule has 0 aliphatic heterocycles. The SMILES string of the molecule is CSC1CCC(NC(C)c2cc(C)ccc2C)CC1. The molecule has 1 fully saturated rings. The van der Waals surface area contributed by atoms with Crippen LogP contribution in [0.15, 0.2) is 18.2 Å². The first-order chi connectivity index (χ1) is 9.10. The summed E-state index contributed by atoms with van der Waals surface area (Å²) in [5, 5.41) is 4.74. The minimum Gasteiger partial charge on any atom is -0.307 e. The van der Waals surface area contributed by atoms with E-state index in [1.165, 1.54) is 42.4 Å². The van der Waals surface area contributed by atoms with E-state index in [0.717, 1.165) is 5.25 Å². The average Bonchev–Trinajstić information content (AvgIpc) is 2.42. The molecule has 1 atom stereocenters. The van der Waals surface area contributed by atoms with Crippen LogP contribution >= 0.6 is 11.8 Å². The second kappa shape index (κ2) is 6.81. The van der Waals surface area contributed by atoms with Crippen LogP contribution in [0.25, 0.3) is 0 Å². The van der Waals surface area contributed by atoms with Crippen LogP contribution in [0.2, 0.25) is 0 Å². The van der Waals surface area contributed by atoms with Gasteiger partial charge in [-0.15, -0.1) is 0 Å². The van der Waals surface area contributed by atoms with Crippen molar-refractivity contribution in [2.24, 2.45) is 0 Å². The number of nitrogens with one attached hydrogen (secondary N) is 1. The lowest BCUT2D eigenvalue weighted by Crippen LogP contribution is -2.35. The van der Waals surface area contributed by atoms with Crippen molar-refractivity contribution < 1.29 is 0 Å². The van der Waals surface area contributed by atoms with Gasteiger partial charge in [0.1, 0.15) is 0 Å². The standard InChI is InChI=1S/C17H27NS/c1-12-5-6-13(2)17(11-12)14(3)18-15-7-9-16(19-4)10-8-15/h5-6,11,14-16,18H,7-10H2,1-4H3. The monoisotopic (exact) mass is 277 g/mol. The van der Waals surface area contributed by atoms with Gasteiger partial charge in [-0.05, 0) is 63.8 Å². The summed E-state index contributed by atoms with van der Waals surface area (Å²) in [7, 11) is 0. The van der Waals surface area contributed by atoms with E-state index in [-0.39, 0.29) is 0 Å². The largest absolute Gasteiger partial charge is 0.307 e. The summed E-state index contributed by atoms with van der Waals surface area (Å²) in [5.74, 6) is 0. The summed E-state index contributed by atoms with van der Waals surface area (Å²) >= 11 is 2.04. The van der Waals surface area contributed by atoms with Crippen LogP contribution in [0.4, 0.5) is 0 Å². The lowest BCUT2D eigenvalue weighted by Gasteiger charge is -2.31. The van der Waals surface area contributed by atoms with E-state index >= 15 is 0 Å². The maximum absolute atomic E-state index is 3.84. The molecule has 1 N–H and O–H groups in total. The van der Waals surface area contributed by atoms with Crippen molar-refractivity contribution in [1.29, 1.82) is 0 Å². The third-order valence-corrected chi connectivity index (χ3v) is 5.53. The minimum absolute atomic E-state index is 0.468. The molecule has 0 spiro atoms. The van der Waals surface area contributed by atoms with Gasteiger partial charge in [0.25, 0.3) is 0 Å². The van der Waals surface area contributed by atoms with Gasteiger partial charge in [-0.1, -0.05) is 23.8 Å². The zero-order valence-electron chi connectivity index (χ0n) is 12.7. The molecule has 1 unspecified atom stereocenters. The molecule has 1 aromatic rings. The van der Waals surface area contributed by atoms with E-state index < -0.39 is 0 Å². The molecule has 1 saturated carbocycles. The first-order valence-corrected chi connectivity index (χ1v) is 8.75. The van der Waals surface area contributed by atoms with Gasteiger partial charge in [0.15, 0.2) is 0 Å². The molecular weight excluding hydrogens is 250 g/mol. The Kier molecular flexibility index (Phi) is 5.35. The number of hydrogen-bond donors (Lipinski definition) is 1. The predicted octanol–water partition coefficient (Wildman–Crippen LogP) is 4.63. The summed E-state index contributed by atoms with van der Waals surface area (Å²) in [5.41, 5.74) is 4.23. The Bertz CT molecular complexity index is 408. The van der Waals surface area contributed by atoms with Gasteiger partial charge in [-0.2, -0.15) is 11.8 Å². The zero-order valence-corrected chi connectivity index (χ0v) is 13.5. The van der Waals surface area contributed by atoms with Crippen LogP contribution < -0.4 is 5.32 Å². The summed E-state index contributed by atoms with van der Waals surface area (Å²) < 4.78 is 0.